The smallest absolute Gasteiger partial charge is 0.167 e. The topological polar surface area (TPSA) is 81.8 Å². The summed E-state index contributed by atoms with van der Waals surface area (Å²) in [5, 5.41) is 29.8. The summed E-state index contributed by atoms with van der Waals surface area (Å²) in [5.41, 5.74) is 1.83. The fourth-order valence-corrected chi connectivity index (χ4v) is 2.01. The number of rotatable bonds is 3. The van der Waals surface area contributed by atoms with Crippen molar-refractivity contribution in [2.75, 3.05) is 11.9 Å². The minimum absolute atomic E-state index is 0.0620. The van der Waals surface area contributed by atoms with E-state index in [4.69, 9.17) is 5.26 Å². The lowest BCUT2D eigenvalue weighted by Gasteiger charge is -2.41. The van der Waals surface area contributed by atoms with E-state index in [-0.39, 0.29) is 12.1 Å². The van der Waals surface area contributed by atoms with Crippen molar-refractivity contribution < 1.29 is 5.11 Å². The predicted octanol–water partition coefficient (Wildman–Crippen LogP) is 1.29. The van der Waals surface area contributed by atoms with Crippen LogP contribution in [0.3, 0.4) is 0 Å². The van der Waals surface area contributed by atoms with Crippen LogP contribution in [-0.2, 0) is 0 Å². The minimum Gasteiger partial charge on any atom is -0.394 e. The van der Waals surface area contributed by atoms with Gasteiger partial charge in [-0.25, -0.2) is 0 Å². The monoisotopic (exact) mass is 232 g/mol. The summed E-state index contributed by atoms with van der Waals surface area (Å²) in [6, 6.07) is 2.15. The summed E-state index contributed by atoms with van der Waals surface area (Å²) in [6.45, 7) is 3.75. The summed E-state index contributed by atoms with van der Waals surface area (Å²) in [7, 11) is 0. The van der Waals surface area contributed by atoms with Crippen molar-refractivity contribution >= 4 is 5.82 Å². The SMILES string of the molecule is Cc1nnc(NC2(CO)CCC2)c(C#N)c1C. The molecule has 0 bridgehead atoms. The first kappa shape index (κ1) is 11.8. The lowest BCUT2D eigenvalue weighted by Crippen LogP contribution is -2.48. The molecule has 0 unspecified atom stereocenters. The molecule has 1 aromatic heterocycles. The molecule has 1 fully saturated rings. The number of nitrogens with one attached hydrogen (secondary N) is 1. The van der Waals surface area contributed by atoms with Crippen LogP contribution in [0.4, 0.5) is 5.82 Å². The zero-order chi connectivity index (χ0) is 12.5. The van der Waals surface area contributed by atoms with Crippen molar-refractivity contribution in [1.29, 1.82) is 5.26 Å². The number of aryl methyl sites for hydroxylation is 1. The van der Waals surface area contributed by atoms with Gasteiger partial charge in [-0.1, -0.05) is 0 Å². The lowest BCUT2D eigenvalue weighted by atomic mass is 9.77. The Bertz CT molecular complexity index is 469. The number of anilines is 1. The van der Waals surface area contributed by atoms with E-state index in [2.05, 4.69) is 21.6 Å². The quantitative estimate of drug-likeness (QED) is 0.820. The minimum atomic E-state index is -0.304. The Hall–Kier alpha value is -1.67. The van der Waals surface area contributed by atoms with E-state index in [9.17, 15) is 5.11 Å². The summed E-state index contributed by atoms with van der Waals surface area (Å²) in [6.07, 6.45) is 2.90. The molecule has 0 amide bonds. The highest BCUT2D eigenvalue weighted by Gasteiger charge is 2.37. The Kier molecular flexibility index (Phi) is 2.99. The van der Waals surface area contributed by atoms with Crippen molar-refractivity contribution in [3.05, 3.63) is 16.8 Å². The highest BCUT2D eigenvalue weighted by Crippen LogP contribution is 2.35. The van der Waals surface area contributed by atoms with Gasteiger partial charge in [-0.3, -0.25) is 0 Å². The van der Waals surface area contributed by atoms with Gasteiger partial charge in [-0.15, -0.1) is 5.10 Å². The molecule has 0 saturated heterocycles. The van der Waals surface area contributed by atoms with E-state index >= 15 is 0 Å². The molecule has 2 rings (SSSR count). The molecule has 0 spiro atoms. The molecule has 0 radical (unpaired) electrons. The van der Waals surface area contributed by atoms with Crippen LogP contribution in [0.5, 0.6) is 0 Å². The third-order valence-corrected chi connectivity index (χ3v) is 3.56. The van der Waals surface area contributed by atoms with E-state index < -0.39 is 0 Å². The number of nitrogens with zero attached hydrogens (tertiary/aromatic N) is 3. The van der Waals surface area contributed by atoms with Gasteiger partial charge in [0.15, 0.2) is 5.82 Å². The molecular weight excluding hydrogens is 216 g/mol. The molecule has 17 heavy (non-hydrogen) atoms. The number of aliphatic hydroxyl groups is 1. The summed E-state index contributed by atoms with van der Waals surface area (Å²) in [4.78, 5) is 0. The first-order valence-electron chi connectivity index (χ1n) is 5.75. The van der Waals surface area contributed by atoms with E-state index in [0.717, 1.165) is 30.5 Å². The van der Waals surface area contributed by atoms with Crippen molar-refractivity contribution in [3.63, 3.8) is 0 Å². The molecule has 1 aromatic rings. The Morgan fingerprint density at radius 1 is 1.41 bits per heavy atom. The lowest BCUT2D eigenvalue weighted by molar-refractivity contribution is 0.143. The second kappa shape index (κ2) is 4.30. The molecule has 0 aromatic carbocycles. The van der Waals surface area contributed by atoms with Gasteiger partial charge in [0.1, 0.15) is 11.6 Å². The predicted molar refractivity (Wildman–Crippen MR) is 63.5 cm³/mol. The van der Waals surface area contributed by atoms with Crippen molar-refractivity contribution in [2.45, 2.75) is 38.6 Å². The van der Waals surface area contributed by atoms with E-state index in [1.54, 1.807) is 0 Å². The molecule has 2 N–H and O–H groups in total. The van der Waals surface area contributed by atoms with Crippen molar-refractivity contribution in [2.24, 2.45) is 0 Å². The highest BCUT2D eigenvalue weighted by molar-refractivity contribution is 5.57. The van der Waals surface area contributed by atoms with Crippen LogP contribution >= 0.6 is 0 Å². The Balaban J connectivity index is 2.33. The third-order valence-electron chi connectivity index (χ3n) is 3.56. The molecule has 5 nitrogen and oxygen atoms in total. The van der Waals surface area contributed by atoms with Gasteiger partial charge in [0, 0.05) is 0 Å². The van der Waals surface area contributed by atoms with E-state index in [1.165, 1.54) is 0 Å². The molecule has 1 heterocycles. The maximum Gasteiger partial charge on any atom is 0.167 e. The summed E-state index contributed by atoms with van der Waals surface area (Å²) in [5.74, 6) is 0.490. The van der Waals surface area contributed by atoms with Gasteiger partial charge >= 0.3 is 0 Å². The highest BCUT2D eigenvalue weighted by atomic mass is 16.3. The van der Waals surface area contributed by atoms with Gasteiger partial charge < -0.3 is 10.4 Å². The molecule has 1 saturated carbocycles. The average molecular weight is 232 g/mol. The van der Waals surface area contributed by atoms with Crippen LogP contribution in [0, 0.1) is 25.2 Å². The van der Waals surface area contributed by atoms with Crippen molar-refractivity contribution in [1.82, 2.24) is 10.2 Å². The summed E-state index contributed by atoms with van der Waals surface area (Å²) >= 11 is 0. The van der Waals surface area contributed by atoms with Gasteiger partial charge in [0.05, 0.1) is 17.8 Å². The first-order valence-corrected chi connectivity index (χ1v) is 5.75. The third kappa shape index (κ3) is 1.96. The van der Waals surface area contributed by atoms with Crippen LogP contribution < -0.4 is 5.32 Å². The molecule has 1 aliphatic rings. The van der Waals surface area contributed by atoms with Gasteiger partial charge in [0.25, 0.3) is 0 Å². The first-order chi connectivity index (χ1) is 8.12. The van der Waals surface area contributed by atoms with Gasteiger partial charge in [0.2, 0.25) is 0 Å². The number of aromatic nitrogens is 2. The standard InChI is InChI=1S/C12H16N4O/c1-8-9(2)15-16-11(10(8)6-13)14-12(7-17)4-3-5-12/h17H,3-5,7H2,1-2H3,(H,14,16). The number of hydrogen-bond acceptors (Lipinski definition) is 5. The van der Waals surface area contributed by atoms with Crippen LogP contribution in [0.2, 0.25) is 0 Å². The zero-order valence-corrected chi connectivity index (χ0v) is 10.1. The molecule has 5 heteroatoms. The van der Waals surface area contributed by atoms with Crippen molar-refractivity contribution in [3.8, 4) is 6.07 Å². The second-order valence-corrected chi connectivity index (χ2v) is 4.66. The molecule has 0 atom stereocenters. The Labute approximate surface area is 100 Å². The molecule has 0 aliphatic heterocycles. The normalized spacial score (nSPS) is 17.1. The molecule has 1 aliphatic carbocycles. The Morgan fingerprint density at radius 2 is 2.12 bits per heavy atom. The van der Waals surface area contributed by atoms with Crippen LogP contribution in [-0.4, -0.2) is 27.4 Å². The number of nitriles is 1. The fraction of sp³-hybridized carbons (Fsp3) is 0.583. The van der Waals surface area contributed by atoms with E-state index in [0.29, 0.717) is 11.4 Å². The van der Waals surface area contributed by atoms with Gasteiger partial charge in [-0.05, 0) is 38.7 Å². The van der Waals surface area contributed by atoms with Crippen LogP contribution in [0.1, 0.15) is 36.1 Å². The van der Waals surface area contributed by atoms with Gasteiger partial charge in [-0.2, -0.15) is 10.4 Å². The Morgan fingerprint density at radius 3 is 2.59 bits per heavy atom. The maximum absolute atomic E-state index is 9.39. The number of hydrogen-bond donors (Lipinski definition) is 2. The molecular formula is C12H16N4O. The fourth-order valence-electron chi connectivity index (χ4n) is 2.01. The number of aliphatic hydroxyl groups excluding tert-OH is 1. The van der Waals surface area contributed by atoms with Crippen LogP contribution in [0.25, 0.3) is 0 Å². The zero-order valence-electron chi connectivity index (χ0n) is 10.1. The largest absolute Gasteiger partial charge is 0.394 e. The van der Waals surface area contributed by atoms with Crippen LogP contribution in [0.15, 0.2) is 0 Å². The second-order valence-electron chi connectivity index (χ2n) is 4.66. The molecule has 90 valence electrons. The summed E-state index contributed by atoms with van der Waals surface area (Å²) < 4.78 is 0. The average Bonchev–Trinajstić information content (AvgIpc) is 2.28. The van der Waals surface area contributed by atoms with E-state index in [1.807, 2.05) is 13.8 Å². The maximum atomic E-state index is 9.39.